The molecule has 26 heavy (non-hydrogen) atoms. The first-order valence-corrected chi connectivity index (χ1v) is 8.85. The van der Waals surface area contributed by atoms with Crippen LogP contribution in [0.15, 0.2) is 47.1 Å². The summed E-state index contributed by atoms with van der Waals surface area (Å²) >= 11 is 0. The molecule has 0 saturated carbocycles. The normalized spacial score (nSPS) is 18.6. The van der Waals surface area contributed by atoms with Crippen LogP contribution in [-0.2, 0) is 10.2 Å². The maximum absolute atomic E-state index is 5.91. The van der Waals surface area contributed by atoms with Crippen molar-refractivity contribution < 1.29 is 9.15 Å². The number of anilines is 1. The van der Waals surface area contributed by atoms with Crippen molar-refractivity contribution in [2.24, 2.45) is 0 Å². The molecule has 0 bridgehead atoms. The second kappa shape index (κ2) is 5.64. The molecule has 1 saturated heterocycles. The van der Waals surface area contributed by atoms with Crippen molar-refractivity contribution in [3.63, 3.8) is 0 Å². The van der Waals surface area contributed by atoms with Gasteiger partial charge in [0.15, 0.2) is 0 Å². The Morgan fingerprint density at radius 1 is 1.00 bits per heavy atom. The first-order chi connectivity index (χ1) is 12.6. The molecule has 6 nitrogen and oxygen atoms in total. The number of hydrogen-bond acceptors (Lipinski definition) is 6. The van der Waals surface area contributed by atoms with Crippen LogP contribution in [0.1, 0.15) is 19.4 Å². The van der Waals surface area contributed by atoms with Crippen LogP contribution < -0.4 is 4.90 Å². The van der Waals surface area contributed by atoms with Gasteiger partial charge < -0.3 is 14.1 Å². The van der Waals surface area contributed by atoms with E-state index in [0.29, 0.717) is 17.8 Å². The van der Waals surface area contributed by atoms with Crippen molar-refractivity contribution in [3.8, 4) is 22.9 Å². The summed E-state index contributed by atoms with van der Waals surface area (Å²) in [5.74, 6) is 1.04. The molecule has 3 aromatic rings. The largest absolute Gasteiger partial charge is 0.416 e. The van der Waals surface area contributed by atoms with Gasteiger partial charge in [0, 0.05) is 41.2 Å². The second-order valence-corrected chi connectivity index (χ2v) is 7.58. The van der Waals surface area contributed by atoms with E-state index >= 15 is 0 Å². The highest BCUT2D eigenvalue weighted by atomic mass is 16.5. The smallest absolute Gasteiger partial charge is 0.248 e. The summed E-state index contributed by atoms with van der Waals surface area (Å²) < 4.78 is 11.3. The molecule has 0 amide bonds. The van der Waals surface area contributed by atoms with Crippen LogP contribution in [0.2, 0.25) is 0 Å². The molecule has 0 unspecified atom stereocenters. The highest BCUT2D eigenvalue weighted by molar-refractivity contribution is 5.71. The molecule has 2 aromatic heterocycles. The lowest BCUT2D eigenvalue weighted by molar-refractivity contribution is 0.00800. The van der Waals surface area contributed by atoms with Crippen LogP contribution in [0, 0.1) is 0 Å². The Morgan fingerprint density at radius 3 is 2.42 bits per heavy atom. The fourth-order valence-electron chi connectivity index (χ4n) is 3.75. The van der Waals surface area contributed by atoms with Crippen molar-refractivity contribution >= 4 is 5.69 Å². The first-order valence-electron chi connectivity index (χ1n) is 8.85. The number of nitrogens with zero attached hydrogens (tertiary/aromatic N) is 4. The van der Waals surface area contributed by atoms with E-state index in [1.54, 1.807) is 12.4 Å². The molecule has 5 rings (SSSR count). The van der Waals surface area contributed by atoms with Gasteiger partial charge in [-0.1, -0.05) is 19.9 Å². The molecule has 0 spiro atoms. The molecule has 4 heterocycles. The van der Waals surface area contributed by atoms with Gasteiger partial charge in [-0.25, -0.2) is 0 Å². The topological polar surface area (TPSA) is 64.3 Å². The Labute approximate surface area is 151 Å². The molecule has 132 valence electrons. The third-order valence-electron chi connectivity index (χ3n) is 5.26. The van der Waals surface area contributed by atoms with Crippen LogP contribution in [0.3, 0.4) is 0 Å². The van der Waals surface area contributed by atoms with Crippen molar-refractivity contribution in [3.05, 3.63) is 48.3 Å². The van der Waals surface area contributed by atoms with E-state index in [0.717, 1.165) is 30.9 Å². The highest BCUT2D eigenvalue weighted by Crippen LogP contribution is 2.44. The summed E-state index contributed by atoms with van der Waals surface area (Å²) in [6, 6.07) is 10.6. The van der Waals surface area contributed by atoms with Gasteiger partial charge in [-0.05, 0) is 29.8 Å². The minimum Gasteiger partial charge on any atom is -0.416 e. The molecule has 2 aliphatic rings. The van der Waals surface area contributed by atoms with Gasteiger partial charge in [0.25, 0.3) is 0 Å². The molecule has 6 heteroatoms. The van der Waals surface area contributed by atoms with E-state index in [1.165, 1.54) is 11.3 Å². The fourth-order valence-corrected chi connectivity index (χ4v) is 3.75. The maximum atomic E-state index is 5.91. The number of hydrogen-bond donors (Lipinski definition) is 0. The Morgan fingerprint density at radius 2 is 1.73 bits per heavy atom. The molecular formula is C20H20N4O2. The maximum Gasteiger partial charge on any atom is 0.248 e. The highest BCUT2D eigenvalue weighted by Gasteiger charge is 2.40. The molecular weight excluding hydrogens is 328 g/mol. The van der Waals surface area contributed by atoms with Gasteiger partial charge in [-0.15, -0.1) is 10.2 Å². The molecule has 1 fully saturated rings. The Kier molecular flexibility index (Phi) is 3.37. The van der Waals surface area contributed by atoms with E-state index in [-0.39, 0.29) is 5.41 Å². The summed E-state index contributed by atoms with van der Waals surface area (Å²) in [5, 5.41) is 8.44. The van der Waals surface area contributed by atoms with Crippen LogP contribution >= 0.6 is 0 Å². The summed E-state index contributed by atoms with van der Waals surface area (Å²) in [7, 11) is 0. The summed E-state index contributed by atoms with van der Waals surface area (Å²) in [6.45, 7) is 7.18. The van der Waals surface area contributed by atoms with Gasteiger partial charge in [-0.2, -0.15) is 0 Å². The van der Waals surface area contributed by atoms with Crippen molar-refractivity contribution in [2.45, 2.75) is 25.3 Å². The lowest BCUT2D eigenvalue weighted by Gasteiger charge is -2.37. The van der Waals surface area contributed by atoms with Crippen molar-refractivity contribution in [1.82, 2.24) is 15.2 Å². The van der Waals surface area contributed by atoms with Crippen LogP contribution in [0.4, 0.5) is 5.69 Å². The third kappa shape index (κ3) is 2.41. The average molecular weight is 348 g/mol. The standard InChI is InChI=1S/C20H20N4O2/c1-20(2)12-24(15-10-25-11-15)17-9-14(3-4-16(17)20)19-23-22-18(26-19)13-5-7-21-8-6-13/h3-9,15H,10-12H2,1-2H3. The quantitative estimate of drug-likeness (QED) is 0.724. The van der Waals surface area contributed by atoms with Crippen LogP contribution in [0.25, 0.3) is 22.9 Å². The van der Waals surface area contributed by atoms with Gasteiger partial charge in [0.1, 0.15) is 0 Å². The minimum atomic E-state index is 0.125. The van der Waals surface area contributed by atoms with E-state index in [2.05, 4.69) is 52.1 Å². The lowest BCUT2D eigenvalue weighted by Crippen LogP contribution is -2.49. The SMILES string of the molecule is CC1(C)CN(C2COC2)c2cc(-c3nnc(-c4ccncc4)o3)ccc21. The predicted molar refractivity (Wildman–Crippen MR) is 97.9 cm³/mol. The lowest BCUT2D eigenvalue weighted by atomic mass is 9.86. The molecule has 1 aromatic carbocycles. The Hall–Kier alpha value is -2.73. The fraction of sp³-hybridized carbons (Fsp3) is 0.350. The number of ether oxygens (including phenoxy) is 1. The Balaban J connectivity index is 1.53. The minimum absolute atomic E-state index is 0.125. The summed E-state index contributed by atoms with van der Waals surface area (Å²) in [4.78, 5) is 6.48. The zero-order valence-electron chi connectivity index (χ0n) is 14.8. The number of fused-ring (bicyclic) bond motifs is 1. The second-order valence-electron chi connectivity index (χ2n) is 7.58. The third-order valence-corrected chi connectivity index (χ3v) is 5.26. The molecule has 0 radical (unpaired) electrons. The number of pyridine rings is 1. The zero-order chi connectivity index (χ0) is 17.7. The molecule has 0 atom stereocenters. The van der Waals surface area contributed by atoms with E-state index in [1.807, 2.05) is 12.1 Å². The van der Waals surface area contributed by atoms with E-state index < -0.39 is 0 Å². The van der Waals surface area contributed by atoms with Crippen molar-refractivity contribution in [1.29, 1.82) is 0 Å². The Bertz CT molecular complexity index is 947. The summed E-state index contributed by atoms with van der Waals surface area (Å²) in [5.41, 5.74) is 4.56. The first kappa shape index (κ1) is 15.5. The van der Waals surface area contributed by atoms with Gasteiger partial charge in [0.05, 0.1) is 19.3 Å². The number of rotatable bonds is 3. The summed E-state index contributed by atoms with van der Waals surface area (Å²) in [6.07, 6.45) is 3.44. The number of benzene rings is 1. The van der Waals surface area contributed by atoms with Gasteiger partial charge in [0.2, 0.25) is 11.8 Å². The predicted octanol–water partition coefficient (Wildman–Crippen LogP) is 3.30. The molecule has 0 aliphatic carbocycles. The monoisotopic (exact) mass is 348 g/mol. The molecule has 2 aliphatic heterocycles. The van der Waals surface area contributed by atoms with Crippen LogP contribution in [0.5, 0.6) is 0 Å². The van der Waals surface area contributed by atoms with Crippen molar-refractivity contribution in [2.75, 3.05) is 24.7 Å². The van der Waals surface area contributed by atoms with Crippen LogP contribution in [-0.4, -0.2) is 41.0 Å². The van der Waals surface area contributed by atoms with E-state index in [9.17, 15) is 0 Å². The molecule has 0 N–H and O–H groups in total. The average Bonchev–Trinajstić information content (AvgIpc) is 3.18. The van der Waals surface area contributed by atoms with Gasteiger partial charge in [-0.3, -0.25) is 4.98 Å². The number of aromatic nitrogens is 3. The van der Waals surface area contributed by atoms with Gasteiger partial charge >= 0.3 is 0 Å². The van der Waals surface area contributed by atoms with E-state index in [4.69, 9.17) is 9.15 Å². The zero-order valence-corrected chi connectivity index (χ0v) is 14.8.